The number of fused-ring (bicyclic) bond motifs is 1. The van der Waals surface area contributed by atoms with Gasteiger partial charge in [0.1, 0.15) is 11.3 Å². The third kappa shape index (κ3) is 7.27. The quantitative estimate of drug-likeness (QED) is 0.250. The predicted octanol–water partition coefficient (Wildman–Crippen LogP) is 3.40. The van der Waals surface area contributed by atoms with Crippen molar-refractivity contribution in [2.24, 2.45) is 7.05 Å². The van der Waals surface area contributed by atoms with Crippen LogP contribution in [0.3, 0.4) is 0 Å². The van der Waals surface area contributed by atoms with E-state index in [1.54, 1.807) is 20.0 Å². The number of hydrogen-bond donors (Lipinski definition) is 0. The third-order valence-electron chi connectivity index (χ3n) is 7.65. The van der Waals surface area contributed by atoms with Gasteiger partial charge >= 0.3 is 5.97 Å². The van der Waals surface area contributed by atoms with Gasteiger partial charge in [0.25, 0.3) is 5.56 Å². The van der Waals surface area contributed by atoms with E-state index < -0.39 is 21.6 Å². The van der Waals surface area contributed by atoms with Gasteiger partial charge in [-0.3, -0.25) is 9.48 Å². The van der Waals surface area contributed by atoms with Gasteiger partial charge in [-0.1, -0.05) is 46.0 Å². The van der Waals surface area contributed by atoms with E-state index in [0.29, 0.717) is 56.0 Å². The van der Waals surface area contributed by atoms with Crippen LogP contribution < -0.4 is 15.1 Å². The van der Waals surface area contributed by atoms with Crippen molar-refractivity contribution < 1.29 is 22.8 Å². The van der Waals surface area contributed by atoms with Crippen molar-refractivity contribution >= 4 is 27.0 Å². The van der Waals surface area contributed by atoms with Gasteiger partial charge in [0.2, 0.25) is 10.0 Å². The summed E-state index contributed by atoms with van der Waals surface area (Å²) in [6.07, 6.45) is 6.28. The monoisotopic (exact) mass is 616 g/mol. The fourth-order valence-electron chi connectivity index (χ4n) is 5.31. The SMILES string of the molecule is CCCCCCCC(=O)On1c(-c2cc(S(=O)(=O)N3CCN(C)CC3)ccc2OCC)nc(=O)c2c1c(CCC)nn2C. The molecule has 1 aliphatic rings. The Bertz CT molecular complexity index is 1590. The number of carbonyl (C=O) groups excluding carboxylic acids is 1. The van der Waals surface area contributed by atoms with Crippen molar-refractivity contribution in [2.75, 3.05) is 39.8 Å². The Kier molecular flexibility index (Phi) is 11.0. The van der Waals surface area contributed by atoms with Gasteiger partial charge in [0.05, 0.1) is 22.8 Å². The average Bonchev–Trinajstić information content (AvgIpc) is 3.31. The minimum Gasteiger partial charge on any atom is -0.493 e. The van der Waals surface area contributed by atoms with Gasteiger partial charge in [-0.05, 0) is 45.0 Å². The predicted molar refractivity (Wildman–Crippen MR) is 165 cm³/mol. The standard InChI is InChI=1S/C30H44N6O6S/c1-6-9-10-11-12-14-26(37)42-36-27-24(13-7-2)32-34(5)28(27)30(38)31-29(36)23-21-22(15-16-25(23)41-8-3)43(39,40)35-19-17-33(4)18-20-35/h15-16,21H,6-14,17-20H2,1-5H3. The molecule has 236 valence electrons. The zero-order valence-corrected chi connectivity index (χ0v) is 26.8. The van der Waals surface area contributed by atoms with E-state index in [1.165, 1.54) is 25.9 Å². The maximum Gasteiger partial charge on any atom is 0.333 e. The van der Waals surface area contributed by atoms with Crippen molar-refractivity contribution in [1.29, 1.82) is 0 Å². The molecule has 1 saturated heterocycles. The van der Waals surface area contributed by atoms with Gasteiger partial charge in [-0.2, -0.15) is 19.1 Å². The van der Waals surface area contributed by atoms with E-state index in [1.807, 2.05) is 14.0 Å². The maximum absolute atomic E-state index is 13.7. The minimum atomic E-state index is -3.86. The number of aryl methyl sites for hydroxylation is 2. The molecule has 0 unspecified atom stereocenters. The molecule has 4 rings (SSSR count). The fraction of sp³-hybridized carbons (Fsp3) is 0.600. The molecule has 0 aliphatic carbocycles. The van der Waals surface area contributed by atoms with Crippen LogP contribution in [0, 0.1) is 0 Å². The molecule has 0 atom stereocenters. The molecule has 0 spiro atoms. The van der Waals surface area contributed by atoms with Crippen molar-refractivity contribution in [3.05, 3.63) is 34.2 Å². The van der Waals surface area contributed by atoms with Crippen molar-refractivity contribution in [3.8, 4) is 17.1 Å². The third-order valence-corrected chi connectivity index (χ3v) is 9.55. The topological polar surface area (TPSA) is 129 Å². The summed E-state index contributed by atoms with van der Waals surface area (Å²) in [6, 6.07) is 4.52. The van der Waals surface area contributed by atoms with Crippen LogP contribution >= 0.6 is 0 Å². The van der Waals surface area contributed by atoms with Crippen LogP contribution in [-0.4, -0.2) is 82.9 Å². The molecule has 12 nitrogen and oxygen atoms in total. The number of ether oxygens (including phenoxy) is 1. The highest BCUT2D eigenvalue weighted by atomic mass is 32.2. The molecule has 1 aromatic carbocycles. The minimum absolute atomic E-state index is 0.0129. The van der Waals surface area contributed by atoms with Crippen LogP contribution in [0.2, 0.25) is 0 Å². The second-order valence-electron chi connectivity index (χ2n) is 11.0. The van der Waals surface area contributed by atoms with Crippen LogP contribution in [0.15, 0.2) is 27.9 Å². The number of aromatic nitrogens is 4. The molecule has 3 aromatic rings. The van der Waals surface area contributed by atoms with E-state index in [9.17, 15) is 18.0 Å². The highest BCUT2D eigenvalue weighted by Gasteiger charge is 2.30. The van der Waals surface area contributed by atoms with Crippen LogP contribution in [-0.2, 0) is 28.3 Å². The molecular weight excluding hydrogens is 572 g/mol. The number of likely N-dealkylation sites (N-methyl/N-ethyl adjacent to an activating group) is 1. The Hall–Kier alpha value is -3.29. The first kappa shape index (κ1) is 32.6. The highest BCUT2D eigenvalue weighted by molar-refractivity contribution is 7.89. The largest absolute Gasteiger partial charge is 0.493 e. The number of rotatable bonds is 14. The van der Waals surface area contributed by atoms with Gasteiger partial charge in [0.15, 0.2) is 11.3 Å². The fourth-order valence-corrected chi connectivity index (χ4v) is 6.76. The first-order chi connectivity index (χ1) is 20.6. The van der Waals surface area contributed by atoms with E-state index in [2.05, 4.69) is 21.9 Å². The van der Waals surface area contributed by atoms with Crippen molar-refractivity contribution in [3.63, 3.8) is 0 Å². The Morgan fingerprint density at radius 2 is 1.67 bits per heavy atom. The molecule has 0 bridgehead atoms. The van der Waals surface area contributed by atoms with E-state index in [-0.39, 0.29) is 34.8 Å². The molecule has 0 saturated carbocycles. The molecule has 43 heavy (non-hydrogen) atoms. The van der Waals surface area contributed by atoms with Crippen molar-refractivity contribution in [1.82, 2.24) is 28.7 Å². The second kappa shape index (κ2) is 14.5. The number of sulfonamides is 1. The highest BCUT2D eigenvalue weighted by Crippen LogP contribution is 2.34. The van der Waals surface area contributed by atoms with E-state index in [4.69, 9.17) is 9.57 Å². The molecule has 13 heteroatoms. The van der Waals surface area contributed by atoms with E-state index >= 15 is 0 Å². The number of unbranched alkanes of at least 4 members (excludes halogenated alkanes) is 4. The van der Waals surface area contributed by atoms with Crippen molar-refractivity contribution in [2.45, 2.75) is 77.0 Å². The first-order valence-corrected chi connectivity index (χ1v) is 16.7. The summed E-state index contributed by atoms with van der Waals surface area (Å²) in [5, 5.41) is 4.55. The summed E-state index contributed by atoms with van der Waals surface area (Å²) in [4.78, 5) is 39.1. The summed E-state index contributed by atoms with van der Waals surface area (Å²) in [5.74, 6) is -0.174. The molecule has 0 radical (unpaired) electrons. The van der Waals surface area contributed by atoms with Gasteiger partial charge in [-0.25, -0.2) is 13.2 Å². The lowest BCUT2D eigenvalue weighted by Gasteiger charge is -2.31. The molecule has 2 aromatic heterocycles. The molecule has 1 fully saturated rings. The van der Waals surface area contributed by atoms with Gasteiger partial charge in [-0.15, -0.1) is 0 Å². The summed E-state index contributed by atoms with van der Waals surface area (Å²) in [6.45, 7) is 8.19. The number of hydrogen-bond acceptors (Lipinski definition) is 9. The molecular formula is C30H44N6O6S. The van der Waals surface area contributed by atoms with E-state index in [0.717, 1.165) is 32.1 Å². The first-order valence-electron chi connectivity index (χ1n) is 15.3. The Morgan fingerprint density at radius 3 is 2.35 bits per heavy atom. The zero-order chi connectivity index (χ0) is 31.1. The normalized spacial score (nSPS) is 14.8. The lowest BCUT2D eigenvalue weighted by molar-refractivity contribution is -0.143. The summed E-state index contributed by atoms with van der Waals surface area (Å²) < 4.78 is 37.5. The second-order valence-corrected chi connectivity index (χ2v) is 12.9. The van der Waals surface area contributed by atoms with Crippen LogP contribution in [0.1, 0.15) is 71.4 Å². The number of carbonyl (C=O) groups is 1. The molecule has 3 heterocycles. The zero-order valence-electron chi connectivity index (χ0n) is 26.0. The lowest BCUT2D eigenvalue weighted by Crippen LogP contribution is -2.47. The number of piperazine rings is 1. The number of nitrogens with zero attached hydrogens (tertiary/aromatic N) is 6. The summed E-state index contributed by atoms with van der Waals surface area (Å²) >= 11 is 0. The summed E-state index contributed by atoms with van der Waals surface area (Å²) in [7, 11) is -0.249. The van der Waals surface area contributed by atoms with Crippen LogP contribution in [0.5, 0.6) is 5.75 Å². The smallest absolute Gasteiger partial charge is 0.333 e. The Balaban J connectivity index is 1.87. The molecule has 1 aliphatic heterocycles. The number of benzene rings is 1. The molecule has 0 amide bonds. The van der Waals surface area contributed by atoms with Crippen LogP contribution in [0.25, 0.3) is 22.4 Å². The maximum atomic E-state index is 13.7. The Morgan fingerprint density at radius 1 is 0.953 bits per heavy atom. The summed E-state index contributed by atoms with van der Waals surface area (Å²) in [5.41, 5.74) is 0.785. The average molecular weight is 617 g/mol. The van der Waals surface area contributed by atoms with Gasteiger partial charge in [0, 0.05) is 39.6 Å². The molecule has 0 N–H and O–H groups in total. The Labute approximate surface area is 253 Å². The van der Waals surface area contributed by atoms with Crippen LogP contribution in [0.4, 0.5) is 0 Å². The van der Waals surface area contributed by atoms with Gasteiger partial charge < -0.3 is 14.5 Å². The lowest BCUT2D eigenvalue weighted by atomic mass is 10.1.